The van der Waals surface area contributed by atoms with Crippen LogP contribution < -0.4 is 10.1 Å². The highest BCUT2D eigenvalue weighted by Gasteiger charge is 2.30. The zero-order chi connectivity index (χ0) is 13.1. The highest BCUT2D eigenvalue weighted by atomic mass is 35.5. The van der Waals surface area contributed by atoms with Crippen LogP contribution >= 0.6 is 24.8 Å². The first-order valence-electron chi connectivity index (χ1n) is 7.31. The molecule has 2 heterocycles. The van der Waals surface area contributed by atoms with Gasteiger partial charge in [-0.3, -0.25) is 4.90 Å². The molecule has 0 radical (unpaired) electrons. The summed E-state index contributed by atoms with van der Waals surface area (Å²) in [7, 11) is 1.67. The molecule has 0 amide bonds. The quantitative estimate of drug-likeness (QED) is 0.898. The van der Waals surface area contributed by atoms with E-state index in [1.165, 1.54) is 24.8 Å². The summed E-state index contributed by atoms with van der Waals surface area (Å²) in [5.74, 6) is 1.64. The molecule has 4 nitrogen and oxygen atoms in total. The molecule has 21 heavy (non-hydrogen) atoms. The van der Waals surface area contributed by atoms with Crippen LogP contribution in [0.2, 0.25) is 0 Å². The van der Waals surface area contributed by atoms with E-state index in [1.54, 1.807) is 7.11 Å². The maximum absolute atomic E-state index is 5.15. The summed E-state index contributed by atoms with van der Waals surface area (Å²) in [5, 5.41) is 3.43. The number of nitrogens with one attached hydrogen (secondary N) is 1. The lowest BCUT2D eigenvalue weighted by Gasteiger charge is -2.35. The van der Waals surface area contributed by atoms with Crippen molar-refractivity contribution in [3.05, 3.63) is 23.9 Å². The first-order valence-corrected chi connectivity index (χ1v) is 7.31. The van der Waals surface area contributed by atoms with Crippen molar-refractivity contribution in [1.82, 2.24) is 15.2 Å². The van der Waals surface area contributed by atoms with Gasteiger partial charge in [0.25, 0.3) is 0 Å². The maximum atomic E-state index is 5.15. The lowest BCUT2D eigenvalue weighted by molar-refractivity contribution is 0.160. The van der Waals surface area contributed by atoms with Crippen molar-refractivity contribution >= 4 is 24.8 Å². The summed E-state index contributed by atoms with van der Waals surface area (Å²) in [4.78, 5) is 6.99. The van der Waals surface area contributed by atoms with Crippen LogP contribution in [0, 0.1) is 5.92 Å². The molecule has 1 aromatic heterocycles. The van der Waals surface area contributed by atoms with E-state index in [2.05, 4.69) is 21.3 Å². The minimum absolute atomic E-state index is 0. The van der Waals surface area contributed by atoms with E-state index >= 15 is 0 Å². The van der Waals surface area contributed by atoms with Gasteiger partial charge in [-0.2, -0.15) is 0 Å². The summed E-state index contributed by atoms with van der Waals surface area (Å²) in [6, 6.07) is 4.70. The first-order chi connectivity index (χ1) is 9.36. The van der Waals surface area contributed by atoms with Crippen LogP contribution in [0.3, 0.4) is 0 Å². The number of hydrogen-bond donors (Lipinski definition) is 1. The van der Waals surface area contributed by atoms with E-state index in [1.807, 2.05) is 12.3 Å². The number of rotatable bonds is 5. The Morgan fingerprint density at radius 2 is 2.00 bits per heavy atom. The fraction of sp³-hybridized carbons (Fsp3) is 0.667. The molecule has 1 atom stereocenters. The number of hydrogen-bond acceptors (Lipinski definition) is 4. The van der Waals surface area contributed by atoms with Crippen molar-refractivity contribution in [1.29, 1.82) is 0 Å². The highest BCUT2D eigenvalue weighted by Crippen LogP contribution is 2.40. The van der Waals surface area contributed by atoms with Crippen LogP contribution in [-0.2, 0) is 0 Å². The zero-order valence-corrected chi connectivity index (χ0v) is 14.1. The van der Waals surface area contributed by atoms with Gasteiger partial charge in [-0.05, 0) is 17.9 Å². The van der Waals surface area contributed by atoms with Gasteiger partial charge in [-0.1, -0.05) is 18.9 Å². The summed E-state index contributed by atoms with van der Waals surface area (Å²) in [6.45, 7) is 4.49. The molecule has 0 unspecified atom stereocenters. The molecular formula is C15H25Cl2N3O. The average Bonchev–Trinajstić information content (AvgIpc) is 3.30. The largest absolute Gasteiger partial charge is 0.481 e. The van der Waals surface area contributed by atoms with E-state index in [0.29, 0.717) is 11.9 Å². The van der Waals surface area contributed by atoms with E-state index in [9.17, 15) is 0 Å². The minimum Gasteiger partial charge on any atom is -0.481 e. The number of methoxy groups -OCH3 is 1. The SMILES string of the molecule is COc1ccc([C@H](CC2CC2)N2CCNCC2)cn1.Cl.Cl. The Bertz CT molecular complexity index is 406. The first kappa shape index (κ1) is 18.5. The number of nitrogens with zero attached hydrogens (tertiary/aromatic N) is 2. The summed E-state index contributed by atoms with van der Waals surface area (Å²) < 4.78 is 5.15. The van der Waals surface area contributed by atoms with Crippen LogP contribution in [0.15, 0.2) is 18.3 Å². The predicted molar refractivity (Wildman–Crippen MR) is 89.8 cm³/mol. The molecule has 1 saturated heterocycles. The summed E-state index contributed by atoms with van der Waals surface area (Å²) >= 11 is 0. The molecule has 6 heteroatoms. The molecule has 1 N–H and O–H groups in total. The predicted octanol–water partition coefficient (Wildman–Crippen LogP) is 2.68. The van der Waals surface area contributed by atoms with Crippen molar-refractivity contribution in [2.75, 3.05) is 33.3 Å². The van der Waals surface area contributed by atoms with Crippen LogP contribution in [0.5, 0.6) is 5.88 Å². The molecule has 0 aromatic carbocycles. The van der Waals surface area contributed by atoms with Crippen molar-refractivity contribution in [2.24, 2.45) is 5.92 Å². The Kier molecular flexibility index (Phi) is 7.74. The Labute approximate surface area is 139 Å². The Morgan fingerprint density at radius 1 is 1.29 bits per heavy atom. The van der Waals surface area contributed by atoms with Gasteiger partial charge >= 0.3 is 0 Å². The molecule has 1 aliphatic heterocycles. The molecule has 3 rings (SSSR count). The second-order valence-electron chi connectivity index (χ2n) is 5.61. The molecule has 2 aliphatic rings. The third-order valence-electron chi connectivity index (χ3n) is 4.20. The van der Waals surface area contributed by atoms with E-state index in [-0.39, 0.29) is 24.8 Å². The highest BCUT2D eigenvalue weighted by molar-refractivity contribution is 5.85. The van der Waals surface area contributed by atoms with Gasteiger partial charge in [0.1, 0.15) is 0 Å². The number of pyridine rings is 1. The van der Waals surface area contributed by atoms with Crippen LogP contribution in [0.25, 0.3) is 0 Å². The molecule has 0 bridgehead atoms. The topological polar surface area (TPSA) is 37.4 Å². The fourth-order valence-corrected chi connectivity index (χ4v) is 2.87. The molecular weight excluding hydrogens is 309 g/mol. The molecule has 120 valence electrons. The van der Waals surface area contributed by atoms with Crippen LogP contribution in [-0.4, -0.2) is 43.2 Å². The summed E-state index contributed by atoms with van der Waals surface area (Å²) in [5.41, 5.74) is 1.34. The van der Waals surface area contributed by atoms with Crippen molar-refractivity contribution in [2.45, 2.75) is 25.3 Å². The van der Waals surface area contributed by atoms with Crippen LogP contribution in [0.1, 0.15) is 30.9 Å². The van der Waals surface area contributed by atoms with Gasteiger partial charge in [0.2, 0.25) is 5.88 Å². The van der Waals surface area contributed by atoms with Gasteiger partial charge in [0.15, 0.2) is 0 Å². The fourth-order valence-electron chi connectivity index (χ4n) is 2.87. The standard InChI is InChI=1S/C15H23N3O.2ClH/c1-19-15-5-4-13(11-17-15)14(10-12-2-3-12)18-8-6-16-7-9-18;;/h4-5,11-12,14,16H,2-3,6-10H2,1H3;2*1H/t14-;;/m0../s1. The van der Waals surface area contributed by atoms with Crippen molar-refractivity contribution < 1.29 is 4.74 Å². The second kappa shape index (κ2) is 8.79. The summed E-state index contributed by atoms with van der Waals surface area (Å²) in [6.07, 6.45) is 6.10. The maximum Gasteiger partial charge on any atom is 0.212 e. The number of aromatic nitrogens is 1. The van der Waals surface area contributed by atoms with Gasteiger partial charge in [-0.15, -0.1) is 24.8 Å². The number of piperazine rings is 1. The normalized spacial score (nSPS) is 20.0. The van der Waals surface area contributed by atoms with Gasteiger partial charge < -0.3 is 10.1 Å². The molecule has 0 spiro atoms. The number of halogens is 2. The lowest BCUT2D eigenvalue weighted by Crippen LogP contribution is -2.45. The van der Waals surface area contributed by atoms with Crippen molar-refractivity contribution in [3.63, 3.8) is 0 Å². The monoisotopic (exact) mass is 333 g/mol. The molecule has 1 saturated carbocycles. The Hall–Kier alpha value is -0.550. The molecule has 1 aromatic rings. The van der Waals surface area contributed by atoms with E-state index in [0.717, 1.165) is 32.1 Å². The Morgan fingerprint density at radius 3 is 2.52 bits per heavy atom. The third kappa shape index (κ3) is 4.99. The van der Waals surface area contributed by atoms with Gasteiger partial charge in [0.05, 0.1) is 7.11 Å². The average molecular weight is 334 g/mol. The second-order valence-corrected chi connectivity index (χ2v) is 5.61. The van der Waals surface area contributed by atoms with Gasteiger partial charge in [0, 0.05) is 44.5 Å². The zero-order valence-electron chi connectivity index (χ0n) is 12.5. The molecule has 2 fully saturated rings. The molecule has 1 aliphatic carbocycles. The Balaban J connectivity index is 0.00000110. The lowest BCUT2D eigenvalue weighted by atomic mass is 10.0. The van der Waals surface area contributed by atoms with Crippen molar-refractivity contribution in [3.8, 4) is 5.88 Å². The smallest absolute Gasteiger partial charge is 0.212 e. The third-order valence-corrected chi connectivity index (χ3v) is 4.20. The van der Waals surface area contributed by atoms with E-state index in [4.69, 9.17) is 4.74 Å². The van der Waals surface area contributed by atoms with Crippen LogP contribution in [0.4, 0.5) is 0 Å². The minimum atomic E-state index is 0. The number of ether oxygens (including phenoxy) is 1. The van der Waals surface area contributed by atoms with Gasteiger partial charge in [-0.25, -0.2) is 4.98 Å². The van der Waals surface area contributed by atoms with E-state index < -0.39 is 0 Å².